The molecule has 0 bridgehead atoms. The van der Waals surface area contributed by atoms with Crippen molar-refractivity contribution in [3.05, 3.63) is 29.3 Å². The van der Waals surface area contributed by atoms with E-state index in [0.29, 0.717) is 12.0 Å². The number of carboxylic acid groups (broad SMARTS) is 1. The van der Waals surface area contributed by atoms with Crippen LogP contribution in [0.15, 0.2) is 18.2 Å². The number of unbranched alkanes of at least 4 members (excludes halogenated alkanes) is 12. The molecule has 0 fully saturated rings. The van der Waals surface area contributed by atoms with Crippen molar-refractivity contribution < 1.29 is 44.6 Å². The van der Waals surface area contributed by atoms with Crippen molar-refractivity contribution >= 4 is 5.97 Å². The van der Waals surface area contributed by atoms with Crippen molar-refractivity contribution in [3.63, 3.8) is 0 Å². The minimum absolute atomic E-state index is 0. The number of rotatable bonds is 15. The number of carboxylic acids is 1. The molecular weight excluding hydrogens is 335 g/mol. The van der Waals surface area contributed by atoms with Gasteiger partial charge in [-0.05, 0) is 24.5 Å². The molecule has 0 radical (unpaired) electrons. The second-order valence-electron chi connectivity index (χ2n) is 7.09. The predicted molar refractivity (Wildman–Crippen MR) is 102 cm³/mol. The van der Waals surface area contributed by atoms with Crippen molar-refractivity contribution in [2.45, 2.75) is 96.8 Å². The Balaban J connectivity index is 0.00000625. The van der Waals surface area contributed by atoms with E-state index in [1.807, 2.05) is 0 Å². The Labute approximate surface area is 181 Å². The molecule has 0 atom stereocenters. The van der Waals surface area contributed by atoms with Gasteiger partial charge in [0.05, 0.1) is 5.97 Å². The van der Waals surface area contributed by atoms with Crippen LogP contribution in [0.25, 0.3) is 0 Å². The van der Waals surface area contributed by atoms with Gasteiger partial charge in [0.2, 0.25) is 0 Å². The van der Waals surface area contributed by atoms with Gasteiger partial charge in [-0.1, -0.05) is 96.1 Å². The summed E-state index contributed by atoms with van der Waals surface area (Å²) in [5.74, 6) is -1.48. The van der Waals surface area contributed by atoms with Crippen molar-refractivity contribution in [2.75, 3.05) is 0 Å². The number of aromatic hydroxyl groups is 1. The average molecular weight is 371 g/mol. The minimum Gasteiger partial charge on any atom is -0.545 e. The van der Waals surface area contributed by atoms with E-state index in [9.17, 15) is 15.0 Å². The van der Waals surface area contributed by atoms with Gasteiger partial charge in [-0.3, -0.25) is 0 Å². The van der Waals surface area contributed by atoms with E-state index in [2.05, 4.69) is 6.92 Å². The van der Waals surface area contributed by atoms with Crippen LogP contribution in [0.4, 0.5) is 0 Å². The fraction of sp³-hybridized carbons (Fsp3) is 0.682. The molecule has 0 aliphatic carbocycles. The molecule has 26 heavy (non-hydrogen) atoms. The first kappa shape index (κ1) is 25.5. The molecule has 0 aliphatic rings. The third-order valence-corrected chi connectivity index (χ3v) is 4.88. The molecule has 0 unspecified atom stereocenters. The van der Waals surface area contributed by atoms with E-state index in [1.54, 1.807) is 12.1 Å². The van der Waals surface area contributed by atoms with E-state index in [1.165, 1.54) is 76.7 Å². The maximum absolute atomic E-state index is 11.1. The molecule has 3 nitrogen and oxygen atoms in total. The van der Waals surface area contributed by atoms with Gasteiger partial charge in [-0.2, -0.15) is 0 Å². The van der Waals surface area contributed by atoms with E-state index in [-0.39, 0.29) is 40.9 Å². The van der Waals surface area contributed by atoms with Gasteiger partial charge >= 0.3 is 29.6 Å². The summed E-state index contributed by atoms with van der Waals surface area (Å²) in [6, 6.07) is 4.86. The summed E-state index contributed by atoms with van der Waals surface area (Å²) in [6.45, 7) is 2.26. The molecule has 1 rings (SSSR count). The molecule has 142 valence electrons. The number of hydrogen-bond acceptors (Lipinski definition) is 3. The van der Waals surface area contributed by atoms with E-state index in [0.717, 1.165) is 12.8 Å². The molecular formula is C22H35NaO3. The van der Waals surface area contributed by atoms with E-state index < -0.39 is 5.97 Å². The normalized spacial score (nSPS) is 10.5. The molecule has 0 saturated carbocycles. The third-order valence-electron chi connectivity index (χ3n) is 4.88. The summed E-state index contributed by atoms with van der Waals surface area (Å²) < 4.78 is 0. The SMILES string of the molecule is CCCCCCCCCCCCCCCc1cccc(O)c1C(=O)[O-].[Na+]. The average Bonchev–Trinajstić information content (AvgIpc) is 2.58. The molecule has 4 heteroatoms. The monoisotopic (exact) mass is 370 g/mol. The second kappa shape index (κ2) is 16.6. The second-order valence-corrected chi connectivity index (χ2v) is 7.09. The smallest absolute Gasteiger partial charge is 0.545 e. The van der Waals surface area contributed by atoms with Crippen LogP contribution >= 0.6 is 0 Å². The maximum atomic E-state index is 11.1. The first-order valence-electron chi connectivity index (χ1n) is 10.2. The number of aromatic carboxylic acids is 1. The van der Waals surface area contributed by atoms with Crippen molar-refractivity contribution in [2.24, 2.45) is 0 Å². The molecule has 0 aliphatic heterocycles. The molecule has 0 heterocycles. The largest absolute Gasteiger partial charge is 1.00 e. The Bertz CT molecular complexity index is 488. The molecule has 1 N–H and O–H groups in total. The summed E-state index contributed by atoms with van der Waals surface area (Å²) >= 11 is 0. The number of phenols is 1. The standard InChI is InChI=1S/C22H36O3.Na/c1-2-3-4-5-6-7-8-9-10-11-12-13-14-16-19-17-15-18-20(23)21(19)22(24)25;/h15,17-18,23H,2-14,16H2,1H3,(H,24,25);/q;+1/p-1. The third kappa shape index (κ3) is 11.3. The zero-order valence-corrected chi connectivity index (χ0v) is 18.9. The van der Waals surface area contributed by atoms with Crippen molar-refractivity contribution in [1.29, 1.82) is 0 Å². The van der Waals surface area contributed by atoms with Gasteiger partial charge in [0.15, 0.2) is 0 Å². The van der Waals surface area contributed by atoms with E-state index >= 15 is 0 Å². The Kier molecular flexibility index (Phi) is 16.3. The molecule has 0 aromatic heterocycles. The van der Waals surface area contributed by atoms with Gasteiger partial charge in [0.25, 0.3) is 0 Å². The quantitative estimate of drug-likeness (QED) is 0.381. The topological polar surface area (TPSA) is 60.4 Å². The van der Waals surface area contributed by atoms with Crippen molar-refractivity contribution in [3.8, 4) is 5.75 Å². The summed E-state index contributed by atoms with van der Waals surface area (Å²) in [4.78, 5) is 11.1. The number of aryl methyl sites for hydroxylation is 1. The Hall–Kier alpha value is -0.510. The zero-order valence-electron chi connectivity index (χ0n) is 16.9. The van der Waals surface area contributed by atoms with Crippen LogP contribution in [0.1, 0.15) is 106 Å². The van der Waals surface area contributed by atoms with Crippen LogP contribution in [-0.4, -0.2) is 11.1 Å². The summed E-state index contributed by atoms with van der Waals surface area (Å²) in [5, 5.41) is 20.8. The van der Waals surface area contributed by atoms with Gasteiger partial charge in [-0.25, -0.2) is 0 Å². The van der Waals surface area contributed by atoms with Gasteiger partial charge < -0.3 is 15.0 Å². The van der Waals surface area contributed by atoms with Crippen LogP contribution in [0.2, 0.25) is 0 Å². The molecule has 1 aromatic rings. The Morgan fingerprint density at radius 3 is 1.77 bits per heavy atom. The summed E-state index contributed by atoms with van der Waals surface area (Å²) in [5.41, 5.74) is 0.643. The van der Waals surface area contributed by atoms with Crippen molar-refractivity contribution in [1.82, 2.24) is 0 Å². The summed E-state index contributed by atoms with van der Waals surface area (Å²) in [7, 11) is 0. The van der Waals surface area contributed by atoms with Gasteiger partial charge in [-0.15, -0.1) is 0 Å². The molecule has 0 amide bonds. The van der Waals surface area contributed by atoms with Gasteiger partial charge in [0, 0.05) is 5.56 Å². The Morgan fingerprint density at radius 2 is 1.31 bits per heavy atom. The predicted octanol–water partition coefficient (Wildman–Crippen LogP) is 2.39. The molecule has 0 spiro atoms. The summed E-state index contributed by atoms with van der Waals surface area (Å²) in [6.07, 6.45) is 17.5. The number of carbonyl (C=O) groups excluding carboxylic acids is 1. The van der Waals surface area contributed by atoms with Crippen LogP contribution in [-0.2, 0) is 6.42 Å². The van der Waals surface area contributed by atoms with Crippen LogP contribution < -0.4 is 34.7 Å². The fourth-order valence-corrected chi connectivity index (χ4v) is 3.36. The maximum Gasteiger partial charge on any atom is 1.00 e. The van der Waals surface area contributed by atoms with Crippen LogP contribution in [0.5, 0.6) is 5.75 Å². The Morgan fingerprint density at radius 1 is 0.846 bits per heavy atom. The number of carbonyl (C=O) groups is 1. The van der Waals surface area contributed by atoms with Crippen LogP contribution in [0.3, 0.4) is 0 Å². The van der Waals surface area contributed by atoms with E-state index in [4.69, 9.17) is 0 Å². The van der Waals surface area contributed by atoms with Crippen LogP contribution in [0, 0.1) is 0 Å². The molecule has 0 saturated heterocycles. The first-order valence-corrected chi connectivity index (χ1v) is 10.2. The fourth-order valence-electron chi connectivity index (χ4n) is 3.36. The van der Waals surface area contributed by atoms with Gasteiger partial charge in [0.1, 0.15) is 5.75 Å². The first-order chi connectivity index (χ1) is 12.2. The minimum atomic E-state index is -1.29. The number of hydrogen-bond donors (Lipinski definition) is 1. The zero-order chi connectivity index (χ0) is 18.3. The molecule has 1 aromatic carbocycles. The number of benzene rings is 1.